The normalized spacial score (nSPS) is 18.7. The summed E-state index contributed by atoms with van der Waals surface area (Å²) in [7, 11) is 1.57. The van der Waals surface area contributed by atoms with Gasteiger partial charge in [0.05, 0.1) is 17.9 Å². The van der Waals surface area contributed by atoms with Crippen molar-refractivity contribution in [3.05, 3.63) is 17.0 Å². The van der Waals surface area contributed by atoms with Gasteiger partial charge in [0.15, 0.2) is 0 Å². The second kappa shape index (κ2) is 7.01. The van der Waals surface area contributed by atoms with Gasteiger partial charge in [0.25, 0.3) is 0 Å². The Morgan fingerprint density at radius 2 is 1.96 bits per heavy atom. The summed E-state index contributed by atoms with van der Waals surface area (Å²) in [6.07, 6.45) is 3.91. The van der Waals surface area contributed by atoms with Crippen molar-refractivity contribution in [2.75, 3.05) is 26.8 Å². The van der Waals surface area contributed by atoms with Gasteiger partial charge in [-0.3, -0.25) is 14.4 Å². The van der Waals surface area contributed by atoms with E-state index in [1.165, 1.54) is 30.5 Å². The van der Waals surface area contributed by atoms with Crippen LogP contribution in [-0.4, -0.2) is 52.3 Å². The number of hydrogen-bond acceptors (Lipinski definition) is 4. The third-order valence-electron chi connectivity index (χ3n) is 4.82. The molecule has 2 aliphatic rings. The van der Waals surface area contributed by atoms with Gasteiger partial charge in [-0.25, -0.2) is 0 Å². The Bertz CT molecular complexity index is 561. The van der Waals surface area contributed by atoms with Crippen LogP contribution in [0.2, 0.25) is 0 Å². The lowest BCUT2D eigenvalue weighted by Gasteiger charge is -2.26. The molecule has 0 aromatic carbocycles. The predicted octanol–water partition coefficient (Wildman–Crippen LogP) is 1.94. The van der Waals surface area contributed by atoms with E-state index in [0.29, 0.717) is 19.1 Å². The first-order valence-corrected chi connectivity index (χ1v) is 8.68. The number of hydrogen-bond donors (Lipinski definition) is 0. The second-order valence-corrected chi connectivity index (χ2v) is 6.93. The molecule has 1 aromatic rings. The zero-order valence-electron chi connectivity index (χ0n) is 14.5. The summed E-state index contributed by atoms with van der Waals surface area (Å²) >= 11 is 0. The number of rotatable bonds is 5. The zero-order valence-corrected chi connectivity index (χ0v) is 14.5. The van der Waals surface area contributed by atoms with Crippen molar-refractivity contribution in [3.63, 3.8) is 0 Å². The predicted molar refractivity (Wildman–Crippen MR) is 87.9 cm³/mol. The Kier molecular flexibility index (Phi) is 5.02. The van der Waals surface area contributed by atoms with E-state index in [4.69, 9.17) is 9.84 Å². The van der Waals surface area contributed by atoms with Crippen LogP contribution in [0.15, 0.2) is 0 Å². The molecular weight excluding hydrogens is 292 g/mol. The molecule has 0 atom stereocenters. The second-order valence-electron chi connectivity index (χ2n) is 6.93. The summed E-state index contributed by atoms with van der Waals surface area (Å²) in [5.41, 5.74) is 3.62. The summed E-state index contributed by atoms with van der Waals surface area (Å²) in [4.78, 5) is 16.5. The van der Waals surface area contributed by atoms with Gasteiger partial charge in [-0.05, 0) is 39.8 Å². The highest BCUT2D eigenvalue weighted by Crippen LogP contribution is 2.29. The number of fused-ring (bicyclic) bond motifs is 1. The number of piperidine rings is 1. The van der Waals surface area contributed by atoms with Gasteiger partial charge in [0.2, 0.25) is 5.91 Å². The third-order valence-corrected chi connectivity index (χ3v) is 4.82. The fourth-order valence-electron chi connectivity index (χ4n) is 3.61. The van der Waals surface area contributed by atoms with Crippen molar-refractivity contribution in [2.24, 2.45) is 0 Å². The van der Waals surface area contributed by atoms with Gasteiger partial charge in [0, 0.05) is 31.8 Å². The molecule has 0 saturated carbocycles. The van der Waals surface area contributed by atoms with Crippen molar-refractivity contribution in [2.45, 2.75) is 58.8 Å². The number of likely N-dealkylation sites (tertiary alicyclic amines) is 1. The minimum atomic E-state index is 0.0583. The average molecular weight is 320 g/mol. The molecule has 23 heavy (non-hydrogen) atoms. The number of carbonyl (C=O) groups is 1. The highest BCUT2D eigenvalue weighted by Gasteiger charge is 2.31. The van der Waals surface area contributed by atoms with Crippen LogP contribution >= 0.6 is 0 Å². The number of ether oxygens (including phenoxy) is 1. The van der Waals surface area contributed by atoms with Crippen molar-refractivity contribution >= 4 is 5.91 Å². The molecule has 1 amide bonds. The molecule has 1 fully saturated rings. The van der Waals surface area contributed by atoms with Crippen molar-refractivity contribution < 1.29 is 9.53 Å². The molecule has 3 rings (SSSR count). The van der Waals surface area contributed by atoms with E-state index in [1.54, 1.807) is 7.11 Å². The SMILES string of the molecule is COCC(=O)N1Cc2c(CN3CCCCC3)nn(C(C)C)c2C1. The number of methoxy groups -OCH3 is 1. The summed E-state index contributed by atoms with van der Waals surface area (Å²) in [5, 5.41) is 4.87. The van der Waals surface area contributed by atoms with E-state index in [-0.39, 0.29) is 12.5 Å². The molecule has 0 unspecified atom stereocenters. The van der Waals surface area contributed by atoms with Gasteiger partial charge < -0.3 is 9.64 Å². The quantitative estimate of drug-likeness (QED) is 0.832. The van der Waals surface area contributed by atoms with Crippen molar-refractivity contribution in [3.8, 4) is 0 Å². The van der Waals surface area contributed by atoms with E-state index < -0.39 is 0 Å². The molecule has 0 aliphatic carbocycles. The minimum absolute atomic E-state index is 0.0583. The molecular formula is C17H28N4O2. The van der Waals surface area contributed by atoms with Gasteiger partial charge in [-0.15, -0.1) is 0 Å². The van der Waals surface area contributed by atoms with Gasteiger partial charge in [-0.2, -0.15) is 5.10 Å². The fourth-order valence-corrected chi connectivity index (χ4v) is 3.61. The molecule has 0 radical (unpaired) electrons. The molecule has 0 N–H and O–H groups in total. The summed E-state index contributed by atoms with van der Waals surface area (Å²) in [6.45, 7) is 9.02. The first-order chi connectivity index (χ1) is 11.1. The lowest BCUT2D eigenvalue weighted by atomic mass is 10.1. The molecule has 6 heteroatoms. The van der Waals surface area contributed by atoms with Gasteiger partial charge >= 0.3 is 0 Å². The van der Waals surface area contributed by atoms with E-state index in [1.807, 2.05) is 4.90 Å². The number of nitrogens with zero attached hydrogens (tertiary/aromatic N) is 4. The lowest BCUT2D eigenvalue weighted by molar-refractivity contribution is -0.135. The number of aromatic nitrogens is 2. The van der Waals surface area contributed by atoms with Gasteiger partial charge in [-0.1, -0.05) is 6.42 Å². The van der Waals surface area contributed by atoms with Crippen LogP contribution in [0.25, 0.3) is 0 Å². The Morgan fingerprint density at radius 3 is 2.61 bits per heavy atom. The maximum absolute atomic E-state index is 12.2. The van der Waals surface area contributed by atoms with Crippen LogP contribution in [0.4, 0.5) is 0 Å². The average Bonchev–Trinajstić information content (AvgIpc) is 3.09. The van der Waals surface area contributed by atoms with E-state index >= 15 is 0 Å². The third kappa shape index (κ3) is 3.43. The first kappa shape index (κ1) is 16.5. The summed E-state index contributed by atoms with van der Waals surface area (Å²) < 4.78 is 7.10. The topological polar surface area (TPSA) is 50.6 Å². The smallest absolute Gasteiger partial charge is 0.249 e. The monoisotopic (exact) mass is 320 g/mol. The van der Waals surface area contributed by atoms with Crippen LogP contribution in [0.5, 0.6) is 0 Å². The Hall–Kier alpha value is -1.40. The first-order valence-electron chi connectivity index (χ1n) is 8.68. The zero-order chi connectivity index (χ0) is 16.4. The van der Waals surface area contributed by atoms with Gasteiger partial charge in [0.1, 0.15) is 6.61 Å². The lowest BCUT2D eigenvalue weighted by Crippen LogP contribution is -2.31. The Balaban J connectivity index is 1.80. The van der Waals surface area contributed by atoms with Crippen LogP contribution in [0.3, 0.4) is 0 Å². The van der Waals surface area contributed by atoms with Crippen molar-refractivity contribution in [1.29, 1.82) is 0 Å². The molecule has 2 aliphatic heterocycles. The standard InChI is InChI=1S/C17H28N4O2/c1-13(2)21-16-11-20(17(22)12-23-3)9-14(16)15(18-21)10-19-7-5-4-6-8-19/h13H,4-12H2,1-3H3. The molecule has 128 valence electrons. The Morgan fingerprint density at radius 1 is 1.22 bits per heavy atom. The maximum atomic E-state index is 12.2. The molecule has 3 heterocycles. The summed E-state index contributed by atoms with van der Waals surface area (Å²) in [5.74, 6) is 0.0583. The van der Waals surface area contributed by atoms with Crippen LogP contribution in [0.1, 0.15) is 56.1 Å². The highest BCUT2D eigenvalue weighted by atomic mass is 16.5. The minimum Gasteiger partial charge on any atom is -0.375 e. The largest absolute Gasteiger partial charge is 0.375 e. The molecule has 0 bridgehead atoms. The summed E-state index contributed by atoms with van der Waals surface area (Å²) in [6, 6.07) is 0.316. The van der Waals surface area contributed by atoms with E-state index in [0.717, 1.165) is 25.3 Å². The molecule has 6 nitrogen and oxygen atoms in total. The molecule has 1 saturated heterocycles. The molecule has 1 aromatic heterocycles. The highest BCUT2D eigenvalue weighted by molar-refractivity contribution is 5.78. The maximum Gasteiger partial charge on any atom is 0.249 e. The van der Waals surface area contributed by atoms with E-state index in [9.17, 15) is 4.79 Å². The number of carbonyl (C=O) groups excluding carboxylic acids is 1. The van der Waals surface area contributed by atoms with Crippen LogP contribution in [-0.2, 0) is 29.2 Å². The van der Waals surface area contributed by atoms with E-state index in [2.05, 4.69) is 23.4 Å². The Labute approximate surface area is 138 Å². The number of amides is 1. The van der Waals surface area contributed by atoms with Crippen LogP contribution < -0.4 is 0 Å². The van der Waals surface area contributed by atoms with Crippen LogP contribution in [0, 0.1) is 0 Å². The van der Waals surface area contributed by atoms with Crippen molar-refractivity contribution in [1.82, 2.24) is 19.6 Å². The fraction of sp³-hybridized carbons (Fsp3) is 0.765. The molecule has 0 spiro atoms.